The maximum atomic E-state index is 5.77. The molecule has 1 heterocycles. The third-order valence-corrected chi connectivity index (χ3v) is 2.60. The predicted molar refractivity (Wildman–Crippen MR) is 63.7 cm³/mol. The van der Waals surface area contributed by atoms with Crippen LogP contribution in [0.2, 0.25) is 5.02 Å². The van der Waals surface area contributed by atoms with Gasteiger partial charge in [0.25, 0.3) is 0 Å². The smallest absolute Gasteiger partial charge is 0.140 e. The van der Waals surface area contributed by atoms with E-state index in [4.69, 9.17) is 17.3 Å². The molecule has 0 aliphatic heterocycles. The van der Waals surface area contributed by atoms with Crippen molar-refractivity contribution in [1.29, 1.82) is 0 Å². The van der Waals surface area contributed by atoms with Gasteiger partial charge in [0.2, 0.25) is 0 Å². The van der Waals surface area contributed by atoms with Crippen molar-refractivity contribution in [2.75, 3.05) is 11.9 Å². The summed E-state index contributed by atoms with van der Waals surface area (Å²) in [6.07, 6.45) is 2.53. The highest BCUT2D eigenvalue weighted by Crippen LogP contribution is 2.23. The molecule has 1 aromatic heterocycles. The van der Waals surface area contributed by atoms with Gasteiger partial charge in [-0.2, -0.15) is 0 Å². The van der Waals surface area contributed by atoms with E-state index in [-0.39, 0.29) is 0 Å². The van der Waals surface area contributed by atoms with Gasteiger partial charge in [-0.25, -0.2) is 4.98 Å². The Morgan fingerprint density at radius 1 is 1.71 bits per heavy atom. The van der Waals surface area contributed by atoms with Crippen LogP contribution in [-0.4, -0.2) is 17.6 Å². The molecule has 1 aromatic rings. The topological polar surface area (TPSA) is 50.9 Å². The molecule has 1 atom stereocenters. The number of halogens is 2. The van der Waals surface area contributed by atoms with Crippen LogP contribution in [-0.2, 0) is 0 Å². The van der Waals surface area contributed by atoms with E-state index in [0.29, 0.717) is 17.6 Å². The molecule has 1 rings (SSSR count). The van der Waals surface area contributed by atoms with E-state index < -0.39 is 0 Å². The van der Waals surface area contributed by atoms with Gasteiger partial charge in [0.05, 0.1) is 9.50 Å². The monoisotopic (exact) mass is 277 g/mol. The summed E-state index contributed by atoms with van der Waals surface area (Å²) < 4.78 is 0.869. The summed E-state index contributed by atoms with van der Waals surface area (Å²) in [6.45, 7) is 2.73. The highest BCUT2D eigenvalue weighted by molar-refractivity contribution is 9.10. The molecule has 3 nitrogen and oxygen atoms in total. The lowest BCUT2D eigenvalue weighted by Crippen LogP contribution is -2.20. The van der Waals surface area contributed by atoms with Crippen LogP contribution < -0.4 is 11.1 Å². The van der Waals surface area contributed by atoms with Crippen LogP contribution >= 0.6 is 27.5 Å². The van der Waals surface area contributed by atoms with E-state index in [1.165, 1.54) is 0 Å². The van der Waals surface area contributed by atoms with Crippen LogP contribution in [0.15, 0.2) is 16.7 Å². The number of anilines is 1. The first-order valence-corrected chi connectivity index (χ1v) is 5.58. The first-order chi connectivity index (χ1) is 6.63. The number of pyridine rings is 1. The fourth-order valence-electron chi connectivity index (χ4n) is 1.08. The Labute approximate surface area is 97.2 Å². The first-order valence-electron chi connectivity index (χ1n) is 4.41. The third-order valence-electron chi connectivity index (χ3n) is 1.79. The number of nitrogens with two attached hydrogens (primary N) is 1. The minimum absolute atomic E-state index is 0.310. The van der Waals surface area contributed by atoms with Crippen LogP contribution in [0.25, 0.3) is 0 Å². The number of hydrogen-bond acceptors (Lipinski definition) is 3. The van der Waals surface area contributed by atoms with E-state index in [1.807, 2.05) is 6.07 Å². The average molecular weight is 279 g/mol. The van der Waals surface area contributed by atoms with Gasteiger partial charge in [0, 0.05) is 12.2 Å². The molecular weight excluding hydrogens is 265 g/mol. The van der Waals surface area contributed by atoms with E-state index in [9.17, 15) is 0 Å². The number of hydrogen-bond donors (Lipinski definition) is 2. The second kappa shape index (κ2) is 5.53. The first kappa shape index (κ1) is 11.8. The molecule has 0 spiro atoms. The van der Waals surface area contributed by atoms with E-state index in [1.54, 1.807) is 6.20 Å². The fourth-order valence-corrected chi connectivity index (χ4v) is 1.83. The maximum Gasteiger partial charge on any atom is 0.140 e. The summed E-state index contributed by atoms with van der Waals surface area (Å²) in [7, 11) is 0. The highest BCUT2D eigenvalue weighted by atomic mass is 79.9. The molecule has 14 heavy (non-hydrogen) atoms. The number of nitrogens with zero attached hydrogens (tertiary/aromatic N) is 1. The molecule has 0 fully saturated rings. The summed E-state index contributed by atoms with van der Waals surface area (Å²) in [4.78, 5) is 4.17. The van der Waals surface area contributed by atoms with Gasteiger partial charge in [-0.1, -0.05) is 11.6 Å². The van der Waals surface area contributed by atoms with Crippen molar-refractivity contribution in [3.63, 3.8) is 0 Å². The molecule has 0 saturated heterocycles. The van der Waals surface area contributed by atoms with Gasteiger partial charge in [0.1, 0.15) is 5.82 Å². The molecule has 0 amide bonds. The molecule has 0 saturated carbocycles. The Bertz CT molecular complexity index is 306. The van der Waals surface area contributed by atoms with Crippen molar-refractivity contribution in [3.8, 4) is 0 Å². The minimum Gasteiger partial charge on any atom is -0.367 e. The molecule has 0 aliphatic carbocycles. The van der Waals surface area contributed by atoms with Crippen molar-refractivity contribution < 1.29 is 0 Å². The SMILES string of the molecule is CC(CCN)Nc1ncc(Cl)cc1Br. The number of nitrogens with one attached hydrogen (secondary N) is 1. The summed E-state index contributed by atoms with van der Waals surface area (Å²) >= 11 is 9.16. The molecule has 5 heteroatoms. The van der Waals surface area contributed by atoms with Crippen LogP contribution in [0.3, 0.4) is 0 Å². The zero-order chi connectivity index (χ0) is 10.6. The fraction of sp³-hybridized carbons (Fsp3) is 0.444. The lowest BCUT2D eigenvalue weighted by molar-refractivity contribution is 0.713. The summed E-state index contributed by atoms with van der Waals surface area (Å²) in [5, 5.41) is 3.86. The average Bonchev–Trinajstić information content (AvgIpc) is 2.10. The van der Waals surface area contributed by atoms with Gasteiger partial charge < -0.3 is 11.1 Å². The van der Waals surface area contributed by atoms with Gasteiger partial charge in [-0.05, 0) is 41.9 Å². The largest absolute Gasteiger partial charge is 0.367 e. The minimum atomic E-state index is 0.310. The van der Waals surface area contributed by atoms with Gasteiger partial charge in [0.15, 0.2) is 0 Å². The predicted octanol–water partition coefficient (Wildman–Crippen LogP) is 2.65. The van der Waals surface area contributed by atoms with Gasteiger partial charge >= 0.3 is 0 Å². The molecule has 1 unspecified atom stereocenters. The van der Waals surface area contributed by atoms with Crippen LogP contribution in [0.4, 0.5) is 5.82 Å². The number of aromatic nitrogens is 1. The van der Waals surface area contributed by atoms with Crippen LogP contribution in [0.5, 0.6) is 0 Å². The van der Waals surface area contributed by atoms with Crippen molar-refractivity contribution in [2.45, 2.75) is 19.4 Å². The summed E-state index contributed by atoms with van der Waals surface area (Å²) in [5.41, 5.74) is 5.45. The maximum absolute atomic E-state index is 5.77. The molecule has 3 N–H and O–H groups in total. The second-order valence-corrected chi connectivity index (χ2v) is 4.40. The lowest BCUT2D eigenvalue weighted by atomic mass is 10.2. The van der Waals surface area contributed by atoms with Crippen molar-refractivity contribution in [3.05, 3.63) is 21.8 Å². The number of rotatable bonds is 4. The Kier molecular flexibility index (Phi) is 4.65. The standard InChI is InChI=1S/C9H13BrClN3/c1-6(2-3-12)14-9-8(10)4-7(11)5-13-9/h4-6H,2-3,12H2,1H3,(H,13,14). The zero-order valence-electron chi connectivity index (χ0n) is 7.93. The Morgan fingerprint density at radius 2 is 2.43 bits per heavy atom. The Morgan fingerprint density at radius 3 is 3.00 bits per heavy atom. The van der Waals surface area contributed by atoms with Gasteiger partial charge in [-0.15, -0.1) is 0 Å². The molecule has 0 radical (unpaired) electrons. The van der Waals surface area contributed by atoms with Crippen LogP contribution in [0, 0.1) is 0 Å². The highest BCUT2D eigenvalue weighted by Gasteiger charge is 2.05. The summed E-state index contributed by atoms with van der Waals surface area (Å²) in [5.74, 6) is 0.801. The molecule has 0 aromatic carbocycles. The summed E-state index contributed by atoms with van der Waals surface area (Å²) in [6, 6.07) is 2.12. The quantitative estimate of drug-likeness (QED) is 0.890. The third kappa shape index (κ3) is 3.44. The normalized spacial score (nSPS) is 12.6. The second-order valence-electron chi connectivity index (χ2n) is 3.11. The zero-order valence-corrected chi connectivity index (χ0v) is 10.3. The molecule has 0 bridgehead atoms. The van der Waals surface area contributed by atoms with Crippen molar-refractivity contribution >= 4 is 33.3 Å². The molecule has 0 aliphatic rings. The Balaban J connectivity index is 2.67. The molecule has 78 valence electrons. The van der Waals surface area contributed by atoms with Gasteiger partial charge in [-0.3, -0.25) is 0 Å². The van der Waals surface area contributed by atoms with E-state index >= 15 is 0 Å². The molecular formula is C9H13BrClN3. The van der Waals surface area contributed by atoms with E-state index in [2.05, 4.69) is 33.2 Å². The van der Waals surface area contributed by atoms with Crippen molar-refractivity contribution in [2.24, 2.45) is 5.73 Å². The van der Waals surface area contributed by atoms with Crippen LogP contribution in [0.1, 0.15) is 13.3 Å². The van der Waals surface area contributed by atoms with Crippen molar-refractivity contribution in [1.82, 2.24) is 4.98 Å². The Hall–Kier alpha value is -0.320. The van der Waals surface area contributed by atoms with E-state index in [0.717, 1.165) is 16.7 Å². The lowest BCUT2D eigenvalue weighted by Gasteiger charge is -2.14.